The average molecular weight is 647 g/mol. The van der Waals surface area contributed by atoms with Gasteiger partial charge < -0.3 is 15.5 Å². The number of nitrogens with one attached hydrogen (secondary N) is 3. The van der Waals surface area contributed by atoms with Crippen molar-refractivity contribution in [1.82, 2.24) is 35.3 Å². The third-order valence-electron chi connectivity index (χ3n) is 9.04. The summed E-state index contributed by atoms with van der Waals surface area (Å²) in [5, 5.41) is 14.5. The van der Waals surface area contributed by atoms with Crippen LogP contribution in [0.5, 0.6) is 0 Å². The van der Waals surface area contributed by atoms with Crippen LogP contribution in [0.25, 0.3) is 39.1 Å². The minimum atomic E-state index is -0.938. The van der Waals surface area contributed by atoms with Gasteiger partial charge in [0.15, 0.2) is 5.82 Å². The number of benzene rings is 3. The zero-order valence-electron chi connectivity index (χ0n) is 27.3. The fourth-order valence-corrected chi connectivity index (χ4v) is 6.17. The summed E-state index contributed by atoms with van der Waals surface area (Å²) in [4.78, 5) is 39.5. The summed E-state index contributed by atoms with van der Waals surface area (Å²) in [5.74, 6) is 0.192. The molecule has 0 spiro atoms. The minimum Gasteiger partial charge on any atom is -0.338 e. The minimum absolute atomic E-state index is 0.0182. The fourth-order valence-electron chi connectivity index (χ4n) is 6.17. The van der Waals surface area contributed by atoms with Gasteiger partial charge in [-0.15, -0.1) is 0 Å². The lowest BCUT2D eigenvalue weighted by atomic mass is 9.93. The van der Waals surface area contributed by atoms with Crippen LogP contribution in [0.4, 0.5) is 10.1 Å². The number of fused-ring (bicyclic) bond motifs is 1. The summed E-state index contributed by atoms with van der Waals surface area (Å²) in [5.41, 5.74) is 5.22. The van der Waals surface area contributed by atoms with Crippen LogP contribution in [0.3, 0.4) is 0 Å². The number of carbonyl (C=O) groups is 2. The summed E-state index contributed by atoms with van der Waals surface area (Å²) in [6.45, 7) is 3.64. The number of hydrogen-bond donors (Lipinski definition) is 3. The van der Waals surface area contributed by atoms with Crippen molar-refractivity contribution in [2.45, 2.75) is 25.3 Å². The summed E-state index contributed by atoms with van der Waals surface area (Å²) >= 11 is 0. The molecule has 0 aliphatic carbocycles. The largest absolute Gasteiger partial charge is 0.338 e. The van der Waals surface area contributed by atoms with Gasteiger partial charge in [0.2, 0.25) is 11.8 Å². The Hall–Kier alpha value is -5.26. The Morgan fingerprint density at radius 1 is 1.00 bits per heavy atom. The van der Waals surface area contributed by atoms with Crippen LogP contribution in [0.15, 0.2) is 91.3 Å². The summed E-state index contributed by atoms with van der Waals surface area (Å²) in [7, 11) is 3.63. The van der Waals surface area contributed by atoms with Crippen molar-refractivity contribution in [3.8, 4) is 22.6 Å². The van der Waals surface area contributed by atoms with Gasteiger partial charge in [-0.05, 0) is 86.6 Å². The standard InChI is InChI=1S/C37H39FN8O2/c1-4-37(39-2,36(48)42-30-14-15-32-31(22-30)34(44-43-32)27-10-12-29(38)13-11-27)24-45(3)23-33(47)46-20-16-26(17-21-46)25-6-8-28(9-7-25)35-40-18-5-19-41-35/h5-16,18-19,22,39H,4,17,20-21,23-24H2,1-3H3,(H,42,48)(H,43,44). The van der Waals surface area contributed by atoms with Crippen molar-refractivity contribution in [1.29, 1.82) is 0 Å². The number of amides is 2. The van der Waals surface area contributed by atoms with Gasteiger partial charge in [0.25, 0.3) is 0 Å². The van der Waals surface area contributed by atoms with Crippen LogP contribution in [0.1, 0.15) is 25.3 Å². The van der Waals surface area contributed by atoms with Crippen LogP contribution in [0.2, 0.25) is 0 Å². The van der Waals surface area contributed by atoms with Gasteiger partial charge in [0, 0.05) is 54.2 Å². The molecule has 3 N–H and O–H groups in total. The maximum absolute atomic E-state index is 13.8. The van der Waals surface area contributed by atoms with E-state index < -0.39 is 5.54 Å². The van der Waals surface area contributed by atoms with Crippen LogP contribution < -0.4 is 10.6 Å². The van der Waals surface area contributed by atoms with Crippen molar-refractivity contribution >= 4 is 34.0 Å². The smallest absolute Gasteiger partial charge is 0.245 e. The predicted octanol–water partition coefficient (Wildman–Crippen LogP) is 5.38. The quantitative estimate of drug-likeness (QED) is 0.176. The van der Waals surface area contributed by atoms with E-state index >= 15 is 0 Å². The lowest BCUT2D eigenvalue weighted by Crippen LogP contribution is -2.59. The number of H-pyrrole nitrogens is 1. The number of carbonyl (C=O) groups excluding carboxylic acids is 2. The normalized spacial score (nSPS) is 14.5. The highest BCUT2D eigenvalue weighted by atomic mass is 19.1. The highest BCUT2D eigenvalue weighted by molar-refractivity contribution is 6.01. The van der Waals surface area contributed by atoms with Gasteiger partial charge in [-0.1, -0.05) is 37.3 Å². The monoisotopic (exact) mass is 646 g/mol. The molecular formula is C37H39FN8O2. The van der Waals surface area contributed by atoms with Crippen molar-refractivity contribution in [3.05, 3.63) is 103 Å². The number of rotatable bonds is 11. The molecule has 1 aliphatic heterocycles. The second kappa shape index (κ2) is 14.2. The van der Waals surface area contributed by atoms with E-state index in [1.54, 1.807) is 37.6 Å². The molecule has 11 heteroatoms. The Labute approximate surface area is 279 Å². The van der Waals surface area contributed by atoms with Gasteiger partial charge in [-0.2, -0.15) is 5.10 Å². The summed E-state index contributed by atoms with van der Waals surface area (Å²) < 4.78 is 13.5. The Morgan fingerprint density at radius 3 is 2.38 bits per heavy atom. The van der Waals surface area contributed by atoms with Crippen LogP contribution in [-0.4, -0.2) is 87.6 Å². The number of aromatic amines is 1. The Kier molecular flexibility index (Phi) is 9.70. The molecule has 2 aromatic heterocycles. The number of likely N-dealkylation sites (N-methyl/N-ethyl adjacent to an activating group) is 2. The van der Waals surface area contributed by atoms with Gasteiger partial charge in [-0.25, -0.2) is 14.4 Å². The average Bonchev–Trinajstić information content (AvgIpc) is 3.54. The van der Waals surface area contributed by atoms with Gasteiger partial charge in [0.1, 0.15) is 11.4 Å². The third kappa shape index (κ3) is 7.02. The fraction of sp³-hybridized carbons (Fsp3) is 0.270. The van der Waals surface area contributed by atoms with E-state index in [0.29, 0.717) is 43.3 Å². The molecule has 10 nitrogen and oxygen atoms in total. The molecular weight excluding hydrogens is 607 g/mol. The SMILES string of the molecule is CCC(CN(C)CC(=O)N1CC=C(c2ccc(-c3ncccn3)cc2)CC1)(NC)C(=O)Nc1ccc2[nH]nc(-c3ccc(F)cc3)c2c1. The van der Waals surface area contributed by atoms with Gasteiger partial charge in [-0.3, -0.25) is 19.6 Å². The first kappa shape index (κ1) is 32.7. The zero-order valence-corrected chi connectivity index (χ0v) is 27.3. The Bertz CT molecular complexity index is 1920. The van der Waals surface area contributed by atoms with Gasteiger partial charge >= 0.3 is 0 Å². The summed E-state index contributed by atoms with van der Waals surface area (Å²) in [6, 6.07) is 21.7. The molecule has 1 aliphatic rings. The number of anilines is 1. The molecule has 0 bridgehead atoms. The number of aromatic nitrogens is 4. The topological polar surface area (TPSA) is 119 Å². The van der Waals surface area contributed by atoms with Crippen LogP contribution >= 0.6 is 0 Å². The van der Waals surface area contributed by atoms with E-state index in [9.17, 15) is 14.0 Å². The van der Waals surface area contributed by atoms with E-state index in [4.69, 9.17) is 0 Å². The molecule has 48 heavy (non-hydrogen) atoms. The van der Waals surface area contributed by atoms with E-state index in [0.717, 1.165) is 34.0 Å². The first-order valence-electron chi connectivity index (χ1n) is 16.1. The predicted molar refractivity (Wildman–Crippen MR) is 186 cm³/mol. The molecule has 0 saturated heterocycles. The molecule has 3 aromatic carbocycles. The van der Waals surface area contributed by atoms with Gasteiger partial charge in [0.05, 0.1) is 17.8 Å². The third-order valence-corrected chi connectivity index (χ3v) is 9.04. The molecule has 0 fully saturated rings. The van der Waals surface area contributed by atoms with Crippen LogP contribution in [-0.2, 0) is 9.59 Å². The lowest BCUT2D eigenvalue weighted by Gasteiger charge is -2.36. The van der Waals surface area contributed by atoms with E-state index in [1.807, 2.05) is 54.1 Å². The zero-order chi connectivity index (χ0) is 33.7. The molecule has 5 aromatic rings. The molecule has 1 atom stereocenters. The summed E-state index contributed by atoms with van der Waals surface area (Å²) in [6.07, 6.45) is 6.85. The van der Waals surface area contributed by atoms with E-state index in [1.165, 1.54) is 17.7 Å². The maximum Gasteiger partial charge on any atom is 0.245 e. The molecule has 0 saturated carbocycles. The number of hydrogen-bond acceptors (Lipinski definition) is 7. The van der Waals surface area contributed by atoms with E-state index in [-0.39, 0.29) is 24.2 Å². The lowest BCUT2D eigenvalue weighted by molar-refractivity contribution is -0.133. The molecule has 3 heterocycles. The maximum atomic E-state index is 13.8. The van der Waals surface area contributed by atoms with Crippen molar-refractivity contribution < 1.29 is 14.0 Å². The molecule has 0 radical (unpaired) electrons. The van der Waals surface area contributed by atoms with Crippen molar-refractivity contribution in [3.63, 3.8) is 0 Å². The molecule has 1 unspecified atom stereocenters. The number of nitrogens with zero attached hydrogens (tertiary/aromatic N) is 5. The molecule has 6 rings (SSSR count). The second-order valence-corrected chi connectivity index (χ2v) is 12.1. The number of halogens is 1. The highest BCUT2D eigenvalue weighted by Crippen LogP contribution is 2.29. The molecule has 2 amide bonds. The van der Waals surface area contributed by atoms with Crippen molar-refractivity contribution in [2.24, 2.45) is 0 Å². The Balaban J connectivity index is 1.07. The van der Waals surface area contributed by atoms with Crippen LogP contribution in [0, 0.1) is 5.82 Å². The van der Waals surface area contributed by atoms with E-state index in [2.05, 4.69) is 49.0 Å². The first-order chi connectivity index (χ1) is 23.3. The second-order valence-electron chi connectivity index (χ2n) is 12.1. The van der Waals surface area contributed by atoms with Crippen molar-refractivity contribution in [2.75, 3.05) is 45.6 Å². The first-order valence-corrected chi connectivity index (χ1v) is 16.1. The highest BCUT2D eigenvalue weighted by Gasteiger charge is 2.37. The molecule has 246 valence electrons. The Morgan fingerprint density at radius 2 is 1.71 bits per heavy atom.